The van der Waals surface area contributed by atoms with E-state index in [1.165, 1.54) is 0 Å². The molecule has 22 heavy (non-hydrogen) atoms. The van der Waals surface area contributed by atoms with Crippen molar-refractivity contribution in [1.29, 1.82) is 0 Å². The van der Waals surface area contributed by atoms with Crippen LogP contribution in [-0.4, -0.2) is 31.6 Å². The molecule has 0 spiro atoms. The van der Waals surface area contributed by atoms with Crippen LogP contribution in [-0.2, 0) is 11.3 Å². The predicted molar refractivity (Wildman–Crippen MR) is 85.7 cm³/mol. The zero-order valence-electron chi connectivity index (χ0n) is 13.4. The second-order valence-electron chi connectivity index (χ2n) is 5.05. The second kappa shape index (κ2) is 9.65. The molecule has 1 aromatic carbocycles. The van der Waals surface area contributed by atoms with E-state index in [4.69, 9.17) is 4.74 Å². The van der Waals surface area contributed by atoms with Gasteiger partial charge in [-0.1, -0.05) is 25.1 Å². The molecule has 1 aromatic rings. The highest BCUT2D eigenvalue weighted by Crippen LogP contribution is 2.16. The standard InChI is InChI=1S/C16H25N3O3/c1-4-12(2)19-15(20)9-10-17-16(21)18-11-13-7-5-6-8-14(13)22-3/h5-8,12H,4,9-11H2,1-3H3,(H,19,20)(H2,17,18,21). The van der Waals surface area contributed by atoms with Gasteiger partial charge in [0.1, 0.15) is 5.75 Å². The van der Waals surface area contributed by atoms with E-state index in [1.54, 1.807) is 7.11 Å². The molecule has 0 saturated heterocycles. The van der Waals surface area contributed by atoms with Crippen molar-refractivity contribution in [2.75, 3.05) is 13.7 Å². The zero-order valence-corrected chi connectivity index (χ0v) is 13.4. The average Bonchev–Trinajstić information content (AvgIpc) is 2.52. The van der Waals surface area contributed by atoms with Crippen molar-refractivity contribution in [3.8, 4) is 5.75 Å². The van der Waals surface area contributed by atoms with Gasteiger partial charge >= 0.3 is 6.03 Å². The van der Waals surface area contributed by atoms with Crippen LogP contribution >= 0.6 is 0 Å². The molecule has 0 fully saturated rings. The number of carbonyl (C=O) groups is 2. The molecule has 6 heteroatoms. The Labute approximate surface area is 131 Å². The zero-order chi connectivity index (χ0) is 16.4. The van der Waals surface area contributed by atoms with Crippen LogP contribution in [0.25, 0.3) is 0 Å². The van der Waals surface area contributed by atoms with Crippen LogP contribution in [0, 0.1) is 0 Å². The fourth-order valence-corrected chi connectivity index (χ4v) is 1.83. The summed E-state index contributed by atoms with van der Waals surface area (Å²) in [5.41, 5.74) is 0.898. The maximum Gasteiger partial charge on any atom is 0.315 e. The quantitative estimate of drug-likeness (QED) is 0.685. The molecule has 0 heterocycles. The summed E-state index contributed by atoms with van der Waals surface area (Å²) in [5.74, 6) is 0.676. The number of nitrogens with one attached hydrogen (secondary N) is 3. The maximum absolute atomic E-state index is 11.7. The first-order valence-corrected chi connectivity index (χ1v) is 7.49. The first kappa shape index (κ1) is 17.8. The highest BCUT2D eigenvalue weighted by Gasteiger charge is 2.07. The number of para-hydroxylation sites is 1. The normalized spacial score (nSPS) is 11.4. The van der Waals surface area contributed by atoms with E-state index in [2.05, 4.69) is 16.0 Å². The van der Waals surface area contributed by atoms with Crippen LogP contribution in [0.15, 0.2) is 24.3 Å². The largest absolute Gasteiger partial charge is 0.496 e. The van der Waals surface area contributed by atoms with Gasteiger partial charge in [-0.3, -0.25) is 4.79 Å². The van der Waals surface area contributed by atoms with E-state index in [0.29, 0.717) is 13.1 Å². The summed E-state index contributed by atoms with van der Waals surface area (Å²) in [4.78, 5) is 23.2. The summed E-state index contributed by atoms with van der Waals surface area (Å²) in [5, 5.41) is 8.25. The summed E-state index contributed by atoms with van der Waals surface area (Å²) >= 11 is 0. The third-order valence-corrected chi connectivity index (χ3v) is 3.29. The van der Waals surface area contributed by atoms with Crippen LogP contribution in [0.1, 0.15) is 32.3 Å². The molecule has 1 rings (SSSR count). The second-order valence-corrected chi connectivity index (χ2v) is 5.05. The number of methoxy groups -OCH3 is 1. The van der Waals surface area contributed by atoms with Gasteiger partial charge in [-0.15, -0.1) is 0 Å². The molecule has 0 saturated carbocycles. The van der Waals surface area contributed by atoms with Crippen LogP contribution in [0.3, 0.4) is 0 Å². The molecular formula is C16H25N3O3. The Hall–Kier alpha value is -2.24. The van der Waals surface area contributed by atoms with Crippen molar-refractivity contribution in [2.45, 2.75) is 39.3 Å². The maximum atomic E-state index is 11.7. The monoisotopic (exact) mass is 307 g/mol. The van der Waals surface area contributed by atoms with Crippen molar-refractivity contribution >= 4 is 11.9 Å². The summed E-state index contributed by atoms with van der Waals surface area (Å²) in [6, 6.07) is 7.34. The number of hydrogen-bond donors (Lipinski definition) is 3. The van der Waals surface area contributed by atoms with E-state index in [9.17, 15) is 9.59 Å². The van der Waals surface area contributed by atoms with Crippen molar-refractivity contribution in [2.24, 2.45) is 0 Å². The average molecular weight is 307 g/mol. The van der Waals surface area contributed by atoms with E-state index in [-0.39, 0.29) is 24.4 Å². The Morgan fingerprint density at radius 3 is 2.64 bits per heavy atom. The third kappa shape index (κ3) is 6.47. The molecule has 0 aliphatic rings. The Morgan fingerprint density at radius 1 is 1.23 bits per heavy atom. The topological polar surface area (TPSA) is 79.5 Å². The van der Waals surface area contributed by atoms with Gasteiger partial charge in [0.15, 0.2) is 0 Å². The molecular weight excluding hydrogens is 282 g/mol. The molecule has 0 radical (unpaired) electrons. The van der Waals surface area contributed by atoms with Crippen molar-refractivity contribution in [3.63, 3.8) is 0 Å². The Morgan fingerprint density at radius 2 is 1.95 bits per heavy atom. The lowest BCUT2D eigenvalue weighted by Gasteiger charge is -2.12. The van der Waals surface area contributed by atoms with Crippen LogP contribution in [0.5, 0.6) is 5.75 Å². The Balaban J connectivity index is 2.25. The van der Waals surface area contributed by atoms with Gasteiger partial charge in [0.05, 0.1) is 7.11 Å². The predicted octanol–water partition coefficient (Wildman–Crippen LogP) is 1.80. The Kier molecular flexibility index (Phi) is 7.81. The number of benzene rings is 1. The van der Waals surface area contributed by atoms with Gasteiger partial charge in [0.25, 0.3) is 0 Å². The van der Waals surface area contributed by atoms with E-state index >= 15 is 0 Å². The molecule has 1 atom stereocenters. The first-order valence-electron chi connectivity index (χ1n) is 7.49. The van der Waals surface area contributed by atoms with E-state index in [1.807, 2.05) is 38.1 Å². The summed E-state index contributed by atoms with van der Waals surface area (Å²) < 4.78 is 5.21. The smallest absolute Gasteiger partial charge is 0.315 e. The number of hydrogen-bond acceptors (Lipinski definition) is 3. The number of ether oxygens (including phenoxy) is 1. The molecule has 3 amide bonds. The van der Waals surface area contributed by atoms with Gasteiger partial charge in [-0.05, 0) is 19.4 Å². The third-order valence-electron chi connectivity index (χ3n) is 3.29. The van der Waals surface area contributed by atoms with Gasteiger partial charge < -0.3 is 20.7 Å². The summed E-state index contributed by atoms with van der Waals surface area (Å²) in [7, 11) is 1.59. The Bertz CT molecular complexity index is 491. The fraction of sp³-hybridized carbons (Fsp3) is 0.500. The van der Waals surface area contributed by atoms with Crippen LogP contribution in [0.4, 0.5) is 4.79 Å². The number of urea groups is 1. The van der Waals surface area contributed by atoms with Gasteiger partial charge in [0, 0.05) is 31.1 Å². The van der Waals surface area contributed by atoms with Gasteiger partial charge in [0.2, 0.25) is 5.91 Å². The minimum absolute atomic E-state index is 0.0561. The highest BCUT2D eigenvalue weighted by atomic mass is 16.5. The lowest BCUT2D eigenvalue weighted by Crippen LogP contribution is -2.38. The number of rotatable bonds is 8. The SMILES string of the molecule is CCC(C)NC(=O)CCNC(=O)NCc1ccccc1OC. The molecule has 3 N–H and O–H groups in total. The number of carbonyl (C=O) groups excluding carboxylic acids is 2. The summed E-state index contributed by atoms with van der Waals surface area (Å²) in [6.07, 6.45) is 1.16. The molecule has 122 valence electrons. The van der Waals surface area contributed by atoms with E-state index in [0.717, 1.165) is 17.7 Å². The van der Waals surface area contributed by atoms with E-state index < -0.39 is 0 Å². The molecule has 6 nitrogen and oxygen atoms in total. The minimum Gasteiger partial charge on any atom is -0.496 e. The molecule has 0 aliphatic carbocycles. The van der Waals surface area contributed by atoms with Gasteiger partial charge in [-0.25, -0.2) is 4.79 Å². The fourth-order valence-electron chi connectivity index (χ4n) is 1.83. The van der Waals surface area contributed by atoms with Crippen molar-refractivity contribution < 1.29 is 14.3 Å². The van der Waals surface area contributed by atoms with Crippen LogP contribution < -0.4 is 20.7 Å². The number of amides is 3. The van der Waals surface area contributed by atoms with Crippen molar-refractivity contribution in [3.05, 3.63) is 29.8 Å². The van der Waals surface area contributed by atoms with Crippen LogP contribution in [0.2, 0.25) is 0 Å². The molecule has 0 aromatic heterocycles. The molecule has 0 bridgehead atoms. The highest BCUT2D eigenvalue weighted by molar-refractivity contribution is 5.78. The first-order chi connectivity index (χ1) is 10.6. The molecule has 1 unspecified atom stereocenters. The summed E-state index contributed by atoms with van der Waals surface area (Å²) in [6.45, 7) is 4.63. The lowest BCUT2D eigenvalue weighted by molar-refractivity contribution is -0.121. The van der Waals surface area contributed by atoms with Gasteiger partial charge in [-0.2, -0.15) is 0 Å². The van der Waals surface area contributed by atoms with Crippen molar-refractivity contribution in [1.82, 2.24) is 16.0 Å². The lowest BCUT2D eigenvalue weighted by atomic mass is 10.2. The molecule has 0 aliphatic heterocycles. The minimum atomic E-state index is -0.303.